The molecular formula is C13H16Br2N2O3. The monoisotopic (exact) mass is 406 g/mol. The van der Waals surface area contributed by atoms with E-state index in [1.807, 2.05) is 19.1 Å². The minimum absolute atomic E-state index is 0.0415. The fraction of sp³-hybridized carbons (Fsp3) is 0.385. The molecule has 0 aliphatic rings. The Morgan fingerprint density at radius 1 is 1.35 bits per heavy atom. The lowest BCUT2D eigenvalue weighted by molar-refractivity contribution is -0.138. The number of carbonyl (C=O) groups is 2. The highest BCUT2D eigenvalue weighted by atomic mass is 79.9. The molecule has 5 nitrogen and oxygen atoms in total. The average Bonchev–Trinajstić information content (AvgIpc) is 2.31. The molecule has 0 heterocycles. The molecule has 1 aromatic rings. The first-order valence-electron chi connectivity index (χ1n) is 6.03. The van der Waals surface area contributed by atoms with Crippen molar-refractivity contribution in [2.75, 3.05) is 18.4 Å². The van der Waals surface area contributed by atoms with E-state index in [4.69, 9.17) is 5.11 Å². The maximum Gasteiger partial charge on any atom is 0.317 e. The van der Waals surface area contributed by atoms with Crippen molar-refractivity contribution in [3.05, 3.63) is 26.6 Å². The fourth-order valence-electron chi connectivity index (χ4n) is 1.78. The van der Waals surface area contributed by atoms with Gasteiger partial charge < -0.3 is 10.4 Å². The second kappa shape index (κ2) is 7.75. The molecule has 0 saturated heterocycles. The number of nitrogens with one attached hydrogen (secondary N) is 1. The molecule has 0 bridgehead atoms. The lowest BCUT2D eigenvalue weighted by Crippen LogP contribution is -2.29. The van der Waals surface area contributed by atoms with Crippen molar-refractivity contribution in [2.45, 2.75) is 20.4 Å². The summed E-state index contributed by atoms with van der Waals surface area (Å²) in [5, 5.41) is 11.7. The van der Waals surface area contributed by atoms with E-state index in [0.717, 1.165) is 14.5 Å². The zero-order valence-electron chi connectivity index (χ0n) is 11.2. The van der Waals surface area contributed by atoms with Crippen LogP contribution in [0.2, 0.25) is 0 Å². The van der Waals surface area contributed by atoms with Gasteiger partial charge in [-0.05, 0) is 40.2 Å². The predicted molar refractivity (Wildman–Crippen MR) is 84.7 cm³/mol. The van der Waals surface area contributed by atoms with E-state index in [9.17, 15) is 9.59 Å². The number of rotatable bonds is 6. The minimum atomic E-state index is -0.873. The second-order valence-corrected chi connectivity index (χ2v) is 6.07. The Morgan fingerprint density at radius 2 is 2.00 bits per heavy atom. The lowest BCUT2D eigenvalue weighted by atomic mass is 10.1. The van der Waals surface area contributed by atoms with Gasteiger partial charge in [-0.15, -0.1) is 0 Å². The molecule has 1 aromatic carbocycles. The van der Waals surface area contributed by atoms with Crippen molar-refractivity contribution in [2.24, 2.45) is 0 Å². The summed E-state index contributed by atoms with van der Waals surface area (Å²) in [6.07, 6.45) is 0. The Morgan fingerprint density at radius 3 is 2.50 bits per heavy atom. The van der Waals surface area contributed by atoms with Crippen LogP contribution in [0, 0.1) is 0 Å². The van der Waals surface area contributed by atoms with Crippen LogP contribution in [0.5, 0.6) is 0 Å². The molecule has 0 atom stereocenters. The first-order valence-corrected chi connectivity index (χ1v) is 7.61. The van der Waals surface area contributed by atoms with Gasteiger partial charge in [0.2, 0.25) is 5.91 Å². The number of halogens is 2. The van der Waals surface area contributed by atoms with Crippen molar-refractivity contribution >= 4 is 49.4 Å². The van der Waals surface area contributed by atoms with Crippen molar-refractivity contribution < 1.29 is 14.7 Å². The Labute approximate surface area is 134 Å². The molecule has 0 saturated carbocycles. The summed E-state index contributed by atoms with van der Waals surface area (Å²) >= 11 is 6.81. The van der Waals surface area contributed by atoms with Gasteiger partial charge in [-0.3, -0.25) is 14.5 Å². The molecule has 0 radical (unpaired) electrons. The second-order valence-electron chi connectivity index (χ2n) is 4.30. The number of carboxylic acids is 1. The van der Waals surface area contributed by atoms with E-state index in [0.29, 0.717) is 18.8 Å². The van der Waals surface area contributed by atoms with Crippen LogP contribution in [0.25, 0.3) is 0 Å². The number of carbonyl (C=O) groups excluding carboxylic acids is 1. The van der Waals surface area contributed by atoms with Gasteiger partial charge in [0, 0.05) is 22.4 Å². The highest BCUT2D eigenvalue weighted by molar-refractivity contribution is 9.11. The summed E-state index contributed by atoms with van der Waals surface area (Å²) in [6.45, 7) is 4.34. The number of anilines is 1. The van der Waals surface area contributed by atoms with Crippen LogP contribution in [-0.2, 0) is 16.1 Å². The molecule has 0 spiro atoms. The van der Waals surface area contributed by atoms with E-state index in [1.165, 1.54) is 6.92 Å². The average molecular weight is 408 g/mol. The molecule has 0 unspecified atom stereocenters. The van der Waals surface area contributed by atoms with Gasteiger partial charge in [-0.2, -0.15) is 0 Å². The van der Waals surface area contributed by atoms with Gasteiger partial charge in [0.25, 0.3) is 0 Å². The Hall–Kier alpha value is -0.920. The van der Waals surface area contributed by atoms with Gasteiger partial charge in [0.15, 0.2) is 0 Å². The van der Waals surface area contributed by atoms with E-state index >= 15 is 0 Å². The van der Waals surface area contributed by atoms with E-state index < -0.39 is 5.97 Å². The third-order valence-electron chi connectivity index (χ3n) is 2.64. The molecule has 110 valence electrons. The number of amides is 1. The molecule has 1 rings (SSSR count). The largest absolute Gasteiger partial charge is 0.480 e. The van der Waals surface area contributed by atoms with Gasteiger partial charge in [-0.25, -0.2) is 0 Å². The first-order chi connectivity index (χ1) is 9.33. The number of hydrogen-bond acceptors (Lipinski definition) is 3. The third-order valence-corrected chi connectivity index (χ3v) is 3.72. The Bertz CT molecular complexity index is 521. The molecule has 1 amide bonds. The topological polar surface area (TPSA) is 69.6 Å². The summed E-state index contributed by atoms with van der Waals surface area (Å²) in [5.74, 6) is -1.04. The zero-order chi connectivity index (χ0) is 15.3. The van der Waals surface area contributed by atoms with Crippen LogP contribution in [0.1, 0.15) is 19.4 Å². The maximum absolute atomic E-state index is 11.3. The molecule has 7 heteroatoms. The number of likely N-dealkylation sites (N-methyl/N-ethyl adjacent to an activating group) is 1. The standard InChI is InChI=1S/C13H16Br2N2O3/c1-3-17(7-12(19)20)6-9-4-10(14)5-11(15)13(9)16-8(2)18/h4-5H,3,6-7H2,1-2H3,(H,16,18)(H,19,20). The van der Waals surface area contributed by atoms with Crippen LogP contribution in [0.4, 0.5) is 5.69 Å². The number of aliphatic carboxylic acids is 1. The van der Waals surface area contributed by atoms with Crippen LogP contribution < -0.4 is 5.32 Å². The maximum atomic E-state index is 11.3. The molecule has 2 N–H and O–H groups in total. The van der Waals surface area contributed by atoms with Crippen molar-refractivity contribution in [1.29, 1.82) is 0 Å². The highest BCUT2D eigenvalue weighted by Crippen LogP contribution is 2.31. The summed E-state index contributed by atoms with van der Waals surface area (Å²) in [7, 11) is 0. The number of nitrogens with zero attached hydrogens (tertiary/aromatic N) is 1. The van der Waals surface area contributed by atoms with Gasteiger partial charge in [0.1, 0.15) is 0 Å². The fourth-order valence-corrected chi connectivity index (χ4v) is 3.19. The lowest BCUT2D eigenvalue weighted by Gasteiger charge is -2.21. The van der Waals surface area contributed by atoms with Crippen molar-refractivity contribution in [3.63, 3.8) is 0 Å². The van der Waals surface area contributed by atoms with E-state index in [2.05, 4.69) is 37.2 Å². The molecule has 20 heavy (non-hydrogen) atoms. The van der Waals surface area contributed by atoms with Crippen molar-refractivity contribution in [3.8, 4) is 0 Å². The number of carboxylic acid groups (broad SMARTS) is 1. The number of benzene rings is 1. The third kappa shape index (κ3) is 5.22. The molecule has 0 aliphatic carbocycles. The Balaban J connectivity index is 3.07. The van der Waals surface area contributed by atoms with Crippen molar-refractivity contribution in [1.82, 2.24) is 4.90 Å². The summed E-state index contributed by atoms with van der Waals surface area (Å²) < 4.78 is 1.61. The molecule has 0 aliphatic heterocycles. The highest BCUT2D eigenvalue weighted by Gasteiger charge is 2.14. The smallest absolute Gasteiger partial charge is 0.317 e. The zero-order valence-corrected chi connectivity index (χ0v) is 14.4. The summed E-state index contributed by atoms with van der Waals surface area (Å²) in [6, 6.07) is 3.71. The predicted octanol–water partition coefficient (Wildman–Crippen LogP) is 3.08. The molecule has 0 fully saturated rings. The van der Waals surface area contributed by atoms with Crippen LogP contribution >= 0.6 is 31.9 Å². The summed E-state index contributed by atoms with van der Waals surface area (Å²) in [5.41, 5.74) is 1.52. The van der Waals surface area contributed by atoms with Crippen LogP contribution in [0.15, 0.2) is 21.1 Å². The first kappa shape index (κ1) is 17.1. The van der Waals surface area contributed by atoms with Crippen LogP contribution in [0.3, 0.4) is 0 Å². The Kier molecular flexibility index (Phi) is 6.64. The quantitative estimate of drug-likeness (QED) is 0.760. The van der Waals surface area contributed by atoms with E-state index in [-0.39, 0.29) is 12.5 Å². The number of hydrogen-bond donors (Lipinski definition) is 2. The van der Waals surface area contributed by atoms with E-state index in [1.54, 1.807) is 4.90 Å². The van der Waals surface area contributed by atoms with Gasteiger partial charge in [-0.1, -0.05) is 22.9 Å². The molecule has 0 aromatic heterocycles. The normalized spacial score (nSPS) is 10.7. The van der Waals surface area contributed by atoms with Crippen LogP contribution in [-0.4, -0.2) is 35.0 Å². The summed E-state index contributed by atoms with van der Waals surface area (Å²) in [4.78, 5) is 23.9. The van der Waals surface area contributed by atoms with Gasteiger partial charge >= 0.3 is 5.97 Å². The van der Waals surface area contributed by atoms with Gasteiger partial charge in [0.05, 0.1) is 12.2 Å². The minimum Gasteiger partial charge on any atom is -0.480 e. The molecular weight excluding hydrogens is 392 g/mol. The SMILES string of the molecule is CCN(CC(=O)O)Cc1cc(Br)cc(Br)c1NC(C)=O.